The molecule has 7 heteroatoms. The lowest BCUT2D eigenvalue weighted by Crippen LogP contribution is -2.14. The first-order valence-corrected chi connectivity index (χ1v) is 7.68. The molecule has 0 atom stereocenters. The molecule has 0 aliphatic heterocycles. The van der Waals surface area contributed by atoms with Gasteiger partial charge in [-0.1, -0.05) is 23.4 Å². The predicted molar refractivity (Wildman–Crippen MR) is 86.4 cm³/mol. The van der Waals surface area contributed by atoms with Gasteiger partial charge in [0.2, 0.25) is 5.91 Å². The van der Waals surface area contributed by atoms with Crippen LogP contribution in [-0.2, 0) is 9.53 Å². The number of aromatic nitrogens is 1. The Morgan fingerprint density at radius 1 is 1.27 bits per heavy atom. The van der Waals surface area contributed by atoms with Crippen LogP contribution in [0.25, 0.3) is 0 Å². The maximum Gasteiger partial charge on any atom is 0.337 e. The number of methoxy groups -OCH3 is 1. The van der Waals surface area contributed by atoms with Gasteiger partial charge in [0.1, 0.15) is 5.03 Å². The van der Waals surface area contributed by atoms with Crippen LogP contribution in [0.5, 0.6) is 0 Å². The molecule has 1 aromatic heterocycles. The van der Waals surface area contributed by atoms with Crippen LogP contribution in [0.2, 0.25) is 5.02 Å². The van der Waals surface area contributed by atoms with Gasteiger partial charge in [-0.25, -0.2) is 9.78 Å². The van der Waals surface area contributed by atoms with Crippen LogP contribution in [0, 0.1) is 0 Å². The average Bonchev–Trinajstić information content (AvgIpc) is 2.54. The van der Waals surface area contributed by atoms with Crippen molar-refractivity contribution in [2.45, 2.75) is 5.03 Å². The molecule has 0 unspecified atom stereocenters. The van der Waals surface area contributed by atoms with Crippen molar-refractivity contribution in [2.24, 2.45) is 0 Å². The van der Waals surface area contributed by atoms with Crippen molar-refractivity contribution in [3.63, 3.8) is 0 Å². The quantitative estimate of drug-likeness (QED) is 0.670. The normalized spacial score (nSPS) is 10.1. The molecule has 0 fully saturated rings. The van der Waals surface area contributed by atoms with Crippen molar-refractivity contribution in [1.29, 1.82) is 0 Å². The molecule has 0 aliphatic carbocycles. The Morgan fingerprint density at radius 2 is 2.00 bits per heavy atom. The molecule has 0 radical (unpaired) electrons. The number of benzene rings is 1. The summed E-state index contributed by atoms with van der Waals surface area (Å²) in [5, 5.41) is 3.86. The first-order chi connectivity index (χ1) is 10.6. The molecule has 5 nitrogen and oxygen atoms in total. The number of hydrogen-bond acceptors (Lipinski definition) is 5. The van der Waals surface area contributed by atoms with Crippen molar-refractivity contribution in [2.75, 3.05) is 18.2 Å². The lowest BCUT2D eigenvalue weighted by Gasteiger charge is -2.06. The van der Waals surface area contributed by atoms with Crippen LogP contribution in [0.4, 0.5) is 5.69 Å². The van der Waals surface area contributed by atoms with Gasteiger partial charge in [-0.15, -0.1) is 0 Å². The molecule has 1 amide bonds. The number of ether oxygens (including phenoxy) is 1. The van der Waals surface area contributed by atoms with Crippen LogP contribution in [0.1, 0.15) is 10.4 Å². The fourth-order valence-corrected chi connectivity index (χ4v) is 2.58. The molecule has 0 spiro atoms. The Balaban J connectivity index is 1.89. The number of halogens is 1. The summed E-state index contributed by atoms with van der Waals surface area (Å²) >= 11 is 7.23. The van der Waals surface area contributed by atoms with E-state index in [1.165, 1.54) is 18.9 Å². The van der Waals surface area contributed by atoms with Crippen LogP contribution in [0.15, 0.2) is 47.6 Å². The highest BCUT2D eigenvalue weighted by atomic mass is 35.5. The third kappa shape index (κ3) is 4.47. The van der Waals surface area contributed by atoms with Gasteiger partial charge < -0.3 is 10.1 Å². The number of nitrogens with zero attached hydrogens (tertiary/aromatic N) is 1. The van der Waals surface area contributed by atoms with Crippen molar-refractivity contribution in [3.8, 4) is 0 Å². The first kappa shape index (κ1) is 16.3. The summed E-state index contributed by atoms with van der Waals surface area (Å²) in [7, 11) is 1.32. The molecule has 0 aliphatic rings. The summed E-state index contributed by atoms with van der Waals surface area (Å²) in [6.07, 6.45) is 1.62. The molecule has 1 N–H and O–H groups in total. The molecular weight excluding hydrogens is 324 g/mol. The third-order valence-electron chi connectivity index (χ3n) is 2.65. The molecule has 22 heavy (non-hydrogen) atoms. The SMILES string of the molecule is COC(=O)c1ccc(NC(=O)CSc2ncccc2Cl)cc1. The summed E-state index contributed by atoms with van der Waals surface area (Å²) in [5.41, 5.74) is 1.03. The summed E-state index contributed by atoms with van der Waals surface area (Å²) < 4.78 is 4.61. The Morgan fingerprint density at radius 3 is 2.64 bits per heavy atom. The Kier molecular flexibility index (Phi) is 5.80. The summed E-state index contributed by atoms with van der Waals surface area (Å²) in [4.78, 5) is 27.3. The highest BCUT2D eigenvalue weighted by Gasteiger charge is 2.08. The monoisotopic (exact) mass is 336 g/mol. The molecule has 1 aromatic carbocycles. The van der Waals surface area contributed by atoms with E-state index in [1.807, 2.05) is 0 Å². The van der Waals surface area contributed by atoms with E-state index in [4.69, 9.17) is 11.6 Å². The maximum absolute atomic E-state index is 11.9. The van der Waals surface area contributed by atoms with Gasteiger partial charge in [-0.05, 0) is 36.4 Å². The number of anilines is 1. The first-order valence-electron chi connectivity index (χ1n) is 6.31. The Hall–Kier alpha value is -2.05. The van der Waals surface area contributed by atoms with E-state index >= 15 is 0 Å². The molecular formula is C15H13ClN2O3S. The van der Waals surface area contributed by atoms with Crippen molar-refractivity contribution in [1.82, 2.24) is 4.98 Å². The molecule has 114 valence electrons. The van der Waals surface area contributed by atoms with Gasteiger partial charge in [0.05, 0.1) is 23.4 Å². The summed E-state index contributed by atoms with van der Waals surface area (Å²) in [6, 6.07) is 9.91. The minimum absolute atomic E-state index is 0.183. The minimum Gasteiger partial charge on any atom is -0.465 e. The number of pyridine rings is 1. The topological polar surface area (TPSA) is 68.3 Å². The number of carbonyl (C=O) groups is 2. The smallest absolute Gasteiger partial charge is 0.337 e. The zero-order valence-corrected chi connectivity index (χ0v) is 13.3. The van der Waals surface area contributed by atoms with Crippen LogP contribution in [0.3, 0.4) is 0 Å². The molecule has 2 aromatic rings. The van der Waals surface area contributed by atoms with Gasteiger partial charge in [-0.2, -0.15) is 0 Å². The van der Waals surface area contributed by atoms with Crippen LogP contribution in [-0.4, -0.2) is 29.7 Å². The number of amides is 1. The number of nitrogens with one attached hydrogen (secondary N) is 1. The average molecular weight is 337 g/mol. The summed E-state index contributed by atoms with van der Waals surface area (Å²) in [5.74, 6) is -0.411. The number of thioether (sulfide) groups is 1. The van der Waals surface area contributed by atoms with Gasteiger partial charge in [0, 0.05) is 11.9 Å². The van der Waals surface area contributed by atoms with Gasteiger partial charge in [0.25, 0.3) is 0 Å². The van der Waals surface area contributed by atoms with E-state index in [2.05, 4.69) is 15.0 Å². The third-order valence-corrected chi connectivity index (χ3v) is 4.08. The van der Waals surface area contributed by atoms with Gasteiger partial charge in [-0.3, -0.25) is 4.79 Å². The molecule has 0 saturated heterocycles. The summed E-state index contributed by atoms with van der Waals surface area (Å²) in [6.45, 7) is 0. The standard InChI is InChI=1S/C15H13ClN2O3S/c1-21-15(20)10-4-6-11(7-5-10)18-13(19)9-22-14-12(16)3-2-8-17-14/h2-8H,9H2,1H3,(H,18,19). The Bertz CT molecular complexity index is 677. The largest absolute Gasteiger partial charge is 0.465 e. The molecule has 2 rings (SSSR count). The Labute approximate surface area is 137 Å². The highest BCUT2D eigenvalue weighted by Crippen LogP contribution is 2.24. The lowest BCUT2D eigenvalue weighted by molar-refractivity contribution is -0.113. The molecule has 0 saturated carbocycles. The fraction of sp³-hybridized carbons (Fsp3) is 0.133. The van der Waals surface area contributed by atoms with E-state index < -0.39 is 5.97 Å². The lowest BCUT2D eigenvalue weighted by atomic mass is 10.2. The second-order valence-electron chi connectivity index (χ2n) is 4.20. The zero-order valence-electron chi connectivity index (χ0n) is 11.7. The predicted octanol–water partition coefficient (Wildman–Crippen LogP) is 3.25. The second-order valence-corrected chi connectivity index (χ2v) is 5.57. The number of esters is 1. The van der Waals surface area contributed by atoms with Gasteiger partial charge in [0.15, 0.2) is 0 Å². The highest BCUT2D eigenvalue weighted by molar-refractivity contribution is 8.00. The van der Waals surface area contributed by atoms with E-state index in [0.29, 0.717) is 21.3 Å². The van der Waals surface area contributed by atoms with Crippen LogP contribution >= 0.6 is 23.4 Å². The van der Waals surface area contributed by atoms with Crippen LogP contribution < -0.4 is 5.32 Å². The molecule has 1 heterocycles. The number of carbonyl (C=O) groups excluding carboxylic acids is 2. The van der Waals surface area contributed by atoms with E-state index in [0.717, 1.165) is 0 Å². The minimum atomic E-state index is -0.418. The number of hydrogen-bond donors (Lipinski definition) is 1. The van der Waals surface area contributed by atoms with Crippen molar-refractivity contribution in [3.05, 3.63) is 53.2 Å². The van der Waals surface area contributed by atoms with Gasteiger partial charge >= 0.3 is 5.97 Å². The van der Waals surface area contributed by atoms with E-state index in [9.17, 15) is 9.59 Å². The second kappa shape index (κ2) is 7.82. The van der Waals surface area contributed by atoms with E-state index in [1.54, 1.807) is 42.6 Å². The molecule has 0 bridgehead atoms. The number of rotatable bonds is 5. The maximum atomic E-state index is 11.9. The zero-order chi connectivity index (χ0) is 15.9. The fourth-order valence-electron chi connectivity index (χ4n) is 1.62. The van der Waals surface area contributed by atoms with E-state index in [-0.39, 0.29) is 11.7 Å². The van der Waals surface area contributed by atoms with Crippen molar-refractivity contribution >= 4 is 40.9 Å². The van der Waals surface area contributed by atoms with Crippen molar-refractivity contribution < 1.29 is 14.3 Å².